The average Bonchev–Trinajstić information content (AvgIpc) is 2.93. The molecule has 0 saturated heterocycles. The van der Waals surface area contributed by atoms with Crippen molar-refractivity contribution < 1.29 is 24.2 Å². The topological polar surface area (TPSA) is 159 Å². The van der Waals surface area contributed by atoms with Crippen LogP contribution in [0.15, 0.2) is 66.7 Å². The minimum atomic E-state index is -1.10. The first-order valence-corrected chi connectivity index (χ1v) is 14.5. The molecule has 0 bridgehead atoms. The average molecular weight is 593 g/mol. The first-order chi connectivity index (χ1) is 20.3. The molecule has 3 atom stereocenters. The molecule has 1 heterocycles. The van der Waals surface area contributed by atoms with Gasteiger partial charge in [0.2, 0.25) is 11.8 Å². The highest BCUT2D eigenvalue weighted by Gasteiger charge is 2.30. The van der Waals surface area contributed by atoms with Crippen LogP contribution >= 0.6 is 0 Å². The Kier molecular flexibility index (Phi) is 12.0. The van der Waals surface area contributed by atoms with Gasteiger partial charge in [-0.2, -0.15) is 0 Å². The van der Waals surface area contributed by atoms with Crippen LogP contribution in [0.1, 0.15) is 52.3 Å². The van der Waals surface area contributed by atoms with Gasteiger partial charge in [-0.3, -0.25) is 25.3 Å². The Labute approximate surface area is 253 Å². The van der Waals surface area contributed by atoms with Crippen molar-refractivity contribution in [2.45, 2.75) is 83.8 Å². The minimum absolute atomic E-state index is 0.00359. The molecule has 2 aromatic carbocycles. The van der Waals surface area contributed by atoms with Crippen molar-refractivity contribution >= 4 is 28.8 Å². The van der Waals surface area contributed by atoms with Crippen LogP contribution in [0.4, 0.5) is 4.79 Å². The summed E-state index contributed by atoms with van der Waals surface area (Å²) in [5.41, 5.74) is 9.90. The zero-order valence-corrected chi connectivity index (χ0v) is 25.5. The highest BCUT2D eigenvalue weighted by Crippen LogP contribution is 2.13. The van der Waals surface area contributed by atoms with Gasteiger partial charge in [-0.1, -0.05) is 54.6 Å². The molecule has 1 aromatic heterocycles. The molecule has 11 heteroatoms. The summed E-state index contributed by atoms with van der Waals surface area (Å²) in [5, 5.41) is 20.0. The van der Waals surface area contributed by atoms with Gasteiger partial charge in [0.05, 0.1) is 35.8 Å². The van der Waals surface area contributed by atoms with Gasteiger partial charge in [0.15, 0.2) is 0 Å². The van der Waals surface area contributed by atoms with E-state index >= 15 is 0 Å². The van der Waals surface area contributed by atoms with Gasteiger partial charge in [0.25, 0.3) is 0 Å². The number of nitrogens with one attached hydrogen (secondary N) is 3. The maximum atomic E-state index is 13.6. The molecule has 3 amide bonds. The number of fused-ring (bicyclic) bond motifs is 1. The van der Waals surface area contributed by atoms with E-state index in [4.69, 9.17) is 10.5 Å². The lowest BCUT2D eigenvalue weighted by Crippen LogP contribution is -2.57. The van der Waals surface area contributed by atoms with Crippen molar-refractivity contribution in [3.63, 3.8) is 0 Å². The van der Waals surface area contributed by atoms with Crippen molar-refractivity contribution in [2.75, 3.05) is 6.54 Å². The number of hydrogen-bond donors (Lipinski definition) is 5. The second kappa shape index (κ2) is 15.4. The molecule has 0 spiro atoms. The van der Waals surface area contributed by atoms with Gasteiger partial charge in [0.1, 0.15) is 5.60 Å². The van der Waals surface area contributed by atoms with Crippen molar-refractivity contribution in [3.05, 3.63) is 78.0 Å². The van der Waals surface area contributed by atoms with Gasteiger partial charge in [-0.25, -0.2) is 9.80 Å². The molecule has 0 fully saturated rings. The van der Waals surface area contributed by atoms with Gasteiger partial charge in [-0.15, -0.1) is 0 Å². The van der Waals surface area contributed by atoms with Crippen molar-refractivity contribution in [1.29, 1.82) is 0 Å². The summed E-state index contributed by atoms with van der Waals surface area (Å²) >= 11 is 0. The largest absolute Gasteiger partial charge is 0.443 e. The van der Waals surface area contributed by atoms with E-state index in [9.17, 15) is 19.5 Å². The third-order valence-electron chi connectivity index (χ3n) is 6.64. The summed E-state index contributed by atoms with van der Waals surface area (Å²) < 4.78 is 5.38. The number of aliphatic hydroxyl groups excluding tert-OH is 1. The minimum Gasteiger partial charge on any atom is -0.443 e. The number of rotatable bonds is 14. The van der Waals surface area contributed by atoms with E-state index in [1.165, 1.54) is 0 Å². The van der Waals surface area contributed by atoms with Gasteiger partial charge < -0.3 is 20.9 Å². The number of para-hydroxylation sites is 1. The molecule has 0 aliphatic heterocycles. The molecule has 43 heavy (non-hydrogen) atoms. The fourth-order valence-corrected chi connectivity index (χ4v) is 4.46. The van der Waals surface area contributed by atoms with E-state index < -0.39 is 41.7 Å². The Balaban J connectivity index is 1.76. The van der Waals surface area contributed by atoms with E-state index in [2.05, 4.69) is 21.0 Å². The maximum Gasteiger partial charge on any atom is 0.422 e. The summed E-state index contributed by atoms with van der Waals surface area (Å²) in [6, 6.07) is 19.0. The number of amides is 3. The number of aliphatic hydroxyl groups is 1. The predicted molar refractivity (Wildman–Crippen MR) is 165 cm³/mol. The Morgan fingerprint density at radius 1 is 1.00 bits per heavy atom. The number of carbonyl (C=O) groups is 3. The van der Waals surface area contributed by atoms with Crippen molar-refractivity contribution in [3.8, 4) is 0 Å². The number of aromatic nitrogens is 1. The zero-order valence-electron chi connectivity index (χ0n) is 25.5. The van der Waals surface area contributed by atoms with Crippen LogP contribution in [-0.2, 0) is 27.3 Å². The first-order valence-electron chi connectivity index (χ1n) is 14.5. The Morgan fingerprint density at radius 2 is 1.67 bits per heavy atom. The number of benzene rings is 2. The lowest BCUT2D eigenvalue weighted by atomic mass is 9.99. The molecule has 0 unspecified atom stereocenters. The highest BCUT2D eigenvalue weighted by molar-refractivity contribution is 5.88. The predicted octanol–water partition coefficient (Wildman–Crippen LogP) is 2.81. The number of ether oxygens (including phenoxy) is 1. The number of hydrogen-bond acceptors (Lipinski definition) is 8. The zero-order chi connectivity index (χ0) is 31.6. The van der Waals surface area contributed by atoms with Crippen LogP contribution in [0.2, 0.25) is 0 Å². The number of nitrogens with two attached hydrogens (primary N) is 1. The Morgan fingerprint density at radius 3 is 2.33 bits per heavy atom. The van der Waals surface area contributed by atoms with Crippen LogP contribution in [0.5, 0.6) is 0 Å². The van der Waals surface area contributed by atoms with E-state index in [0.717, 1.165) is 16.5 Å². The molecule has 0 aliphatic carbocycles. The molecule has 0 aliphatic rings. The molecular formula is C32H44N6O5. The van der Waals surface area contributed by atoms with Crippen LogP contribution < -0.4 is 21.8 Å². The van der Waals surface area contributed by atoms with Crippen LogP contribution in [0, 0.1) is 0 Å². The highest BCUT2D eigenvalue weighted by atomic mass is 16.6. The molecular weight excluding hydrogens is 548 g/mol. The molecule has 3 rings (SSSR count). The van der Waals surface area contributed by atoms with Gasteiger partial charge in [-0.05, 0) is 58.7 Å². The third kappa shape index (κ3) is 11.3. The SMILES string of the molecule is CC(C)N(C[C@@H](O)[C@H](Cc1ccccc1)NC(=O)[C@H](CC(N)=O)NCc1ccc2ccccc2n1)NC(=O)OC(C)(C)C. The van der Waals surface area contributed by atoms with E-state index in [0.29, 0.717) is 12.1 Å². The Bertz CT molecular complexity index is 1360. The summed E-state index contributed by atoms with van der Waals surface area (Å²) in [4.78, 5) is 42.6. The van der Waals surface area contributed by atoms with Crippen LogP contribution in [0.3, 0.4) is 0 Å². The molecule has 232 valence electrons. The third-order valence-corrected chi connectivity index (χ3v) is 6.64. The lowest BCUT2D eigenvalue weighted by molar-refractivity contribution is -0.128. The smallest absolute Gasteiger partial charge is 0.422 e. The van der Waals surface area contributed by atoms with E-state index in [-0.39, 0.29) is 25.6 Å². The summed E-state index contributed by atoms with van der Waals surface area (Å²) in [5.74, 6) is -1.14. The number of nitrogens with zero attached hydrogens (tertiary/aromatic N) is 2. The summed E-state index contributed by atoms with van der Waals surface area (Å²) in [6.07, 6.45) is -1.68. The van der Waals surface area contributed by atoms with Gasteiger partial charge in [0, 0.05) is 24.5 Å². The van der Waals surface area contributed by atoms with Crippen molar-refractivity contribution in [2.24, 2.45) is 5.73 Å². The van der Waals surface area contributed by atoms with Crippen LogP contribution in [0.25, 0.3) is 10.9 Å². The molecule has 3 aromatic rings. The number of primary amides is 1. The fraction of sp³-hybridized carbons (Fsp3) is 0.438. The lowest BCUT2D eigenvalue weighted by Gasteiger charge is -2.33. The van der Waals surface area contributed by atoms with Crippen LogP contribution in [-0.4, -0.2) is 69.4 Å². The molecule has 11 nitrogen and oxygen atoms in total. The molecule has 0 radical (unpaired) electrons. The summed E-state index contributed by atoms with van der Waals surface area (Å²) in [7, 11) is 0. The first kappa shape index (κ1) is 33.4. The van der Waals surface area contributed by atoms with E-state index in [1.54, 1.807) is 25.8 Å². The van der Waals surface area contributed by atoms with Crippen molar-refractivity contribution in [1.82, 2.24) is 26.1 Å². The number of pyridine rings is 1. The van der Waals surface area contributed by atoms with Gasteiger partial charge >= 0.3 is 6.09 Å². The second-order valence-electron chi connectivity index (χ2n) is 11.8. The fourth-order valence-electron chi connectivity index (χ4n) is 4.46. The maximum absolute atomic E-state index is 13.6. The standard InChI is InChI=1S/C32H44N6O5/c1-21(2)38(37-31(42)43-32(3,4)5)20-28(39)26(17-22-11-7-6-8-12-22)36-30(41)27(18-29(33)40)34-19-24-16-15-23-13-9-10-14-25(23)35-24/h6-16,21,26-28,34,39H,17-20H2,1-5H3,(H2,33,40)(H,36,41)(H,37,42)/t26-,27-,28+/m0/s1. The molecule has 6 N–H and O–H groups in total. The van der Waals surface area contributed by atoms with E-state index in [1.807, 2.05) is 80.6 Å². The summed E-state index contributed by atoms with van der Waals surface area (Å²) in [6.45, 7) is 9.25. The monoisotopic (exact) mass is 592 g/mol. The number of carbonyl (C=O) groups excluding carboxylic acids is 3. The molecule has 0 saturated carbocycles. The quantitative estimate of drug-likeness (QED) is 0.179. The Hall–Kier alpha value is -4.06. The normalized spacial score (nSPS) is 13.9. The second-order valence-corrected chi connectivity index (χ2v) is 11.8. The number of hydrazine groups is 1.